The fourth-order valence-electron chi connectivity index (χ4n) is 2.50. The van der Waals surface area contributed by atoms with Crippen LogP contribution in [0.25, 0.3) is 10.2 Å². The molecule has 0 bridgehead atoms. The van der Waals surface area contributed by atoms with Gasteiger partial charge in [-0.1, -0.05) is 29.8 Å². The Hall–Kier alpha value is -1.65. The van der Waals surface area contributed by atoms with Crippen molar-refractivity contribution in [2.75, 3.05) is 0 Å². The van der Waals surface area contributed by atoms with Gasteiger partial charge in [-0.2, -0.15) is 0 Å². The number of hydrogen-bond donors (Lipinski definition) is 1. The Morgan fingerprint density at radius 3 is 2.75 bits per heavy atom. The number of aromatic nitrogens is 1. The number of fused-ring (bicyclic) bond motifs is 1. The number of phenolic OH excluding ortho intramolecular Hbond substituents is 1. The average molecular weight is 301 g/mol. The molecule has 0 fully saturated rings. The average Bonchev–Trinajstić information content (AvgIpc) is 2.72. The normalized spacial score (nSPS) is 11.1. The summed E-state index contributed by atoms with van der Waals surface area (Å²) in [6, 6.07) is 12.2. The van der Waals surface area contributed by atoms with Crippen molar-refractivity contribution in [1.29, 1.82) is 0 Å². The van der Waals surface area contributed by atoms with Crippen molar-refractivity contribution in [3.8, 4) is 5.75 Å². The predicted octanol–water partition coefficient (Wildman–Crippen LogP) is 4.80. The smallest absolute Gasteiger partial charge is 0.162 e. The predicted molar refractivity (Wildman–Crippen MR) is 87.3 cm³/mol. The van der Waals surface area contributed by atoms with Crippen LogP contribution in [0, 0.1) is 17.8 Å². The third kappa shape index (κ3) is 2.25. The Kier molecular flexibility index (Phi) is 3.36. The first-order valence-electron chi connectivity index (χ1n) is 6.44. The lowest BCUT2D eigenvalue weighted by Crippen LogP contribution is -2.00. The number of aryl methyl sites for hydroxylation is 2. The van der Waals surface area contributed by atoms with E-state index in [2.05, 4.69) is 16.7 Å². The van der Waals surface area contributed by atoms with Crippen LogP contribution in [0.15, 0.2) is 36.4 Å². The van der Waals surface area contributed by atoms with E-state index in [1.54, 1.807) is 11.3 Å². The van der Waals surface area contributed by atoms with Gasteiger partial charge in [0.05, 0.1) is 16.8 Å². The van der Waals surface area contributed by atoms with E-state index >= 15 is 0 Å². The van der Waals surface area contributed by atoms with E-state index < -0.39 is 0 Å². The number of rotatable bonds is 2. The Morgan fingerprint density at radius 1 is 1.20 bits per heavy atom. The number of hydrogen-bond acceptors (Lipinski definition) is 3. The molecule has 0 aliphatic heterocycles. The Bertz CT molecular complexity index is 845. The molecule has 4 heteroatoms. The van der Waals surface area contributed by atoms with Gasteiger partial charge in [-0.25, -0.2) is 0 Å². The molecule has 0 aliphatic rings. The van der Waals surface area contributed by atoms with E-state index in [-0.39, 0.29) is 0 Å². The summed E-state index contributed by atoms with van der Waals surface area (Å²) >= 11 is 7.07. The molecule has 0 radical (unpaired) electrons. The minimum absolute atomic E-state index is 0.368. The van der Waals surface area contributed by atoms with Crippen LogP contribution in [0.2, 0.25) is 0 Å². The number of thiazole rings is 1. The lowest BCUT2D eigenvalue weighted by molar-refractivity contribution is 0.462. The molecule has 0 aliphatic carbocycles. The summed E-state index contributed by atoms with van der Waals surface area (Å²) in [6.45, 7) is 4.58. The van der Waals surface area contributed by atoms with Gasteiger partial charge in [0, 0.05) is 5.56 Å². The molecule has 20 heavy (non-hydrogen) atoms. The molecule has 1 N–H and O–H groups in total. The second-order valence-corrected chi connectivity index (χ2v) is 6.69. The van der Waals surface area contributed by atoms with Crippen LogP contribution >= 0.6 is 23.6 Å². The van der Waals surface area contributed by atoms with Gasteiger partial charge in [-0.05, 0) is 43.8 Å². The molecule has 102 valence electrons. The molecule has 3 aromatic rings. The zero-order valence-corrected chi connectivity index (χ0v) is 13.0. The van der Waals surface area contributed by atoms with Crippen LogP contribution in [0.3, 0.4) is 0 Å². The van der Waals surface area contributed by atoms with E-state index in [0.29, 0.717) is 12.3 Å². The van der Waals surface area contributed by atoms with Gasteiger partial charge >= 0.3 is 0 Å². The zero-order chi connectivity index (χ0) is 14.3. The molecular formula is C16H15NOS2. The molecule has 0 saturated carbocycles. The SMILES string of the molecule is Cc1cc(C)c(O)c(Cn2c(=S)sc3ccccc32)c1. The first kappa shape index (κ1) is 13.3. The summed E-state index contributed by atoms with van der Waals surface area (Å²) in [5.74, 6) is 0.368. The van der Waals surface area contributed by atoms with E-state index in [0.717, 1.165) is 26.2 Å². The van der Waals surface area contributed by atoms with E-state index in [1.165, 1.54) is 4.70 Å². The summed E-state index contributed by atoms with van der Waals surface area (Å²) < 4.78 is 4.11. The standard InChI is InChI=1S/C16H15NOS2/c1-10-7-11(2)15(18)12(8-10)9-17-13-5-3-4-6-14(13)20-16(17)19/h3-8,18H,9H2,1-2H3. The minimum atomic E-state index is 0.368. The number of aromatic hydroxyl groups is 1. The summed E-state index contributed by atoms with van der Waals surface area (Å²) in [6.07, 6.45) is 0. The summed E-state index contributed by atoms with van der Waals surface area (Å²) in [5, 5.41) is 10.2. The van der Waals surface area contributed by atoms with Gasteiger partial charge in [-0.15, -0.1) is 11.3 Å². The molecule has 0 atom stereocenters. The van der Waals surface area contributed by atoms with Crippen LogP contribution < -0.4 is 0 Å². The first-order chi connectivity index (χ1) is 9.56. The quantitative estimate of drug-likeness (QED) is 0.688. The van der Waals surface area contributed by atoms with Gasteiger partial charge in [0.15, 0.2) is 3.95 Å². The molecule has 1 heterocycles. The molecule has 1 aromatic heterocycles. The van der Waals surface area contributed by atoms with Gasteiger partial charge in [0.25, 0.3) is 0 Å². The number of phenols is 1. The maximum atomic E-state index is 10.2. The van der Waals surface area contributed by atoms with Crippen LogP contribution in [-0.4, -0.2) is 9.67 Å². The zero-order valence-electron chi connectivity index (χ0n) is 11.4. The van der Waals surface area contributed by atoms with Crippen molar-refractivity contribution >= 4 is 33.8 Å². The topological polar surface area (TPSA) is 25.2 Å². The lowest BCUT2D eigenvalue weighted by Gasteiger charge is -2.10. The molecular weight excluding hydrogens is 286 g/mol. The second-order valence-electron chi connectivity index (χ2n) is 5.01. The highest BCUT2D eigenvalue weighted by atomic mass is 32.1. The van der Waals surface area contributed by atoms with Crippen molar-refractivity contribution in [3.63, 3.8) is 0 Å². The highest BCUT2D eigenvalue weighted by Gasteiger charge is 2.10. The molecule has 0 saturated heterocycles. The first-order valence-corrected chi connectivity index (χ1v) is 7.66. The number of benzene rings is 2. The summed E-state index contributed by atoms with van der Waals surface area (Å²) in [7, 11) is 0. The van der Waals surface area contributed by atoms with Crippen molar-refractivity contribution in [1.82, 2.24) is 4.57 Å². The lowest BCUT2D eigenvalue weighted by atomic mass is 10.1. The molecule has 2 aromatic carbocycles. The van der Waals surface area contributed by atoms with Crippen molar-refractivity contribution in [3.05, 3.63) is 57.0 Å². The van der Waals surface area contributed by atoms with Crippen LogP contribution in [0.4, 0.5) is 0 Å². The molecule has 0 unspecified atom stereocenters. The third-order valence-corrected chi connectivity index (χ3v) is 4.86. The third-order valence-electron chi connectivity index (χ3n) is 3.43. The maximum absolute atomic E-state index is 10.2. The summed E-state index contributed by atoms with van der Waals surface area (Å²) in [4.78, 5) is 0. The van der Waals surface area contributed by atoms with Crippen molar-refractivity contribution < 1.29 is 5.11 Å². The number of nitrogens with zero attached hydrogens (tertiary/aromatic N) is 1. The Morgan fingerprint density at radius 2 is 1.95 bits per heavy atom. The van der Waals surface area contributed by atoms with Gasteiger partial charge < -0.3 is 9.67 Å². The van der Waals surface area contributed by atoms with Crippen LogP contribution in [0.1, 0.15) is 16.7 Å². The summed E-state index contributed by atoms with van der Waals surface area (Å²) in [5.41, 5.74) is 4.11. The van der Waals surface area contributed by atoms with Crippen LogP contribution in [0.5, 0.6) is 5.75 Å². The maximum Gasteiger partial charge on any atom is 0.162 e. The largest absolute Gasteiger partial charge is 0.507 e. The second kappa shape index (κ2) is 5.04. The molecule has 0 amide bonds. The van der Waals surface area contributed by atoms with Gasteiger partial charge in [-0.3, -0.25) is 0 Å². The fraction of sp³-hybridized carbons (Fsp3) is 0.188. The van der Waals surface area contributed by atoms with Crippen molar-refractivity contribution in [2.45, 2.75) is 20.4 Å². The van der Waals surface area contributed by atoms with E-state index in [1.807, 2.05) is 38.1 Å². The minimum Gasteiger partial charge on any atom is -0.507 e. The Balaban J connectivity index is 2.15. The Labute approximate surface area is 126 Å². The molecule has 0 spiro atoms. The highest BCUT2D eigenvalue weighted by Crippen LogP contribution is 2.28. The van der Waals surface area contributed by atoms with Gasteiger partial charge in [0.2, 0.25) is 0 Å². The van der Waals surface area contributed by atoms with E-state index in [4.69, 9.17) is 12.2 Å². The molecule has 3 rings (SSSR count). The molecule has 2 nitrogen and oxygen atoms in total. The van der Waals surface area contributed by atoms with Crippen LogP contribution in [-0.2, 0) is 6.54 Å². The van der Waals surface area contributed by atoms with E-state index in [9.17, 15) is 5.11 Å². The highest BCUT2D eigenvalue weighted by molar-refractivity contribution is 7.73. The monoisotopic (exact) mass is 301 g/mol. The van der Waals surface area contributed by atoms with Gasteiger partial charge in [0.1, 0.15) is 5.75 Å². The number of para-hydroxylation sites is 1. The van der Waals surface area contributed by atoms with Crippen molar-refractivity contribution in [2.24, 2.45) is 0 Å². The fourth-order valence-corrected chi connectivity index (χ4v) is 3.83.